The lowest BCUT2D eigenvalue weighted by atomic mass is 9.89. The number of hydrogen-bond acceptors (Lipinski definition) is 13. The van der Waals surface area contributed by atoms with E-state index in [-0.39, 0.29) is 45.7 Å². The summed E-state index contributed by atoms with van der Waals surface area (Å²) in [5.74, 6) is -4.18. The third-order valence-electron chi connectivity index (χ3n) is 11.1. The number of aliphatic hydroxyl groups excluding tert-OH is 1. The van der Waals surface area contributed by atoms with Crippen molar-refractivity contribution in [2.24, 2.45) is 5.92 Å². The topological polar surface area (TPSA) is 173 Å². The van der Waals surface area contributed by atoms with Gasteiger partial charge in [-0.05, 0) is 54.2 Å². The zero-order valence-electron chi connectivity index (χ0n) is 36.1. The number of aliphatic hydroxyl groups is 1. The van der Waals surface area contributed by atoms with Gasteiger partial charge in [-0.2, -0.15) is 0 Å². The van der Waals surface area contributed by atoms with Crippen molar-refractivity contribution in [3.05, 3.63) is 156 Å². The van der Waals surface area contributed by atoms with Crippen LogP contribution in [0.3, 0.4) is 0 Å². The van der Waals surface area contributed by atoms with Crippen molar-refractivity contribution >= 4 is 29.5 Å². The summed E-state index contributed by atoms with van der Waals surface area (Å²) in [6, 6.07) is 36.2. The highest BCUT2D eigenvalue weighted by atomic mass is 16.7. The minimum Gasteiger partial charge on any atom is -0.453 e. The van der Waals surface area contributed by atoms with Crippen molar-refractivity contribution in [3.63, 3.8) is 0 Å². The van der Waals surface area contributed by atoms with Gasteiger partial charge in [0.1, 0.15) is 30.5 Å². The first-order valence-electron chi connectivity index (χ1n) is 21.3. The number of ether oxygens (including phenoxy) is 7. The van der Waals surface area contributed by atoms with Gasteiger partial charge in [0.25, 0.3) is 0 Å². The lowest BCUT2D eigenvalue weighted by Crippen LogP contribution is -2.61. The van der Waals surface area contributed by atoms with Crippen LogP contribution in [-0.2, 0) is 72.0 Å². The number of hydrogen-bond donors (Lipinski definition) is 1. The fraction of sp³-hybridized carbons (Fsp3) is 0.380. The number of methoxy groups -OCH3 is 1. The van der Waals surface area contributed by atoms with E-state index in [0.29, 0.717) is 11.1 Å². The molecule has 338 valence electrons. The molecule has 1 N–H and O–H groups in total. The van der Waals surface area contributed by atoms with Gasteiger partial charge in [0, 0.05) is 27.1 Å². The molecular weight excluding hydrogens is 823 g/mol. The Morgan fingerprint density at radius 1 is 0.750 bits per heavy atom. The maximum atomic E-state index is 14.4. The van der Waals surface area contributed by atoms with E-state index in [1.165, 1.54) is 7.11 Å². The molecule has 2 aliphatic rings. The first-order chi connectivity index (χ1) is 31.1. The Morgan fingerprint density at radius 2 is 1.31 bits per heavy atom. The van der Waals surface area contributed by atoms with Gasteiger partial charge in [-0.15, -0.1) is 0 Å². The number of nitrogens with zero attached hydrogens (tertiary/aromatic N) is 1. The second-order valence-corrected chi connectivity index (χ2v) is 15.6. The zero-order valence-corrected chi connectivity index (χ0v) is 36.1. The van der Waals surface area contributed by atoms with Crippen molar-refractivity contribution in [1.82, 2.24) is 4.90 Å². The quantitative estimate of drug-likeness (QED) is 0.0532. The number of cyclic esters (lactones) is 1. The second kappa shape index (κ2) is 23.7. The summed E-state index contributed by atoms with van der Waals surface area (Å²) in [5, 5.41) is 10.4. The number of carbonyl (C=O) groups is 5. The zero-order chi connectivity index (χ0) is 45.4. The Hall–Kier alpha value is -5.87. The van der Waals surface area contributed by atoms with Crippen molar-refractivity contribution in [2.45, 2.75) is 95.3 Å². The highest BCUT2D eigenvalue weighted by molar-refractivity contribution is 6.04. The first kappa shape index (κ1) is 47.6. The van der Waals surface area contributed by atoms with E-state index in [1.807, 2.05) is 66.7 Å². The van der Waals surface area contributed by atoms with Gasteiger partial charge in [-0.25, -0.2) is 9.69 Å². The molecule has 2 heterocycles. The van der Waals surface area contributed by atoms with E-state index >= 15 is 0 Å². The van der Waals surface area contributed by atoms with E-state index in [1.54, 1.807) is 61.5 Å². The average molecular weight is 878 g/mol. The van der Waals surface area contributed by atoms with E-state index in [9.17, 15) is 29.1 Å². The molecule has 4 aromatic carbocycles. The van der Waals surface area contributed by atoms with Crippen molar-refractivity contribution in [1.29, 1.82) is 0 Å². The molecule has 2 fully saturated rings. The van der Waals surface area contributed by atoms with Crippen LogP contribution in [-0.4, -0.2) is 103 Å². The van der Waals surface area contributed by atoms with E-state index in [2.05, 4.69) is 0 Å². The fourth-order valence-electron chi connectivity index (χ4n) is 7.87. The van der Waals surface area contributed by atoms with Crippen LogP contribution in [0, 0.1) is 5.92 Å². The number of rotatable bonds is 22. The minimum atomic E-state index is -1.67. The first-order valence-corrected chi connectivity index (χ1v) is 21.3. The van der Waals surface area contributed by atoms with Crippen LogP contribution in [0.5, 0.6) is 0 Å². The molecule has 2 amide bonds. The highest BCUT2D eigenvalue weighted by Gasteiger charge is 2.50. The standard InChI is InChI=1S/C50H55NO13/c1-33-43(38-23-14-7-15-24-38)64-50(57)51(33)48(56)40(29-35-17-8-4-9-18-35)44(62-34(2)53)41(55)27-26-39(54)25-16-28-59-47-46(61-32-37-21-12-6-13-22-37)45(42(30-52)63-49(47)58-3)60-31-36-19-10-5-11-20-36/h4-15,17-24,26-27,33,40,42-47,49,52H,16,25,28-32H2,1-3H3/t33-,40+,42-,43-,44-,45-,46+,47+,49+/m1/s1. The predicted molar refractivity (Wildman–Crippen MR) is 232 cm³/mol. The molecule has 6 rings (SSSR count). The number of benzene rings is 4. The molecule has 0 bridgehead atoms. The Kier molecular flexibility index (Phi) is 17.6. The number of carbonyl (C=O) groups excluding carboxylic acids is 5. The van der Waals surface area contributed by atoms with Gasteiger partial charge >= 0.3 is 12.1 Å². The monoisotopic (exact) mass is 877 g/mol. The van der Waals surface area contributed by atoms with E-state index in [0.717, 1.165) is 35.1 Å². The molecule has 0 aliphatic carbocycles. The Bertz CT molecular complexity index is 2150. The Morgan fingerprint density at radius 3 is 1.88 bits per heavy atom. The van der Waals surface area contributed by atoms with Gasteiger partial charge in [0.2, 0.25) is 5.91 Å². The van der Waals surface area contributed by atoms with Crippen LogP contribution in [0.1, 0.15) is 55.0 Å². The molecule has 14 heteroatoms. The van der Waals surface area contributed by atoms with Crippen LogP contribution >= 0.6 is 0 Å². The largest absolute Gasteiger partial charge is 0.453 e. The molecule has 0 saturated carbocycles. The molecule has 0 unspecified atom stereocenters. The molecule has 0 radical (unpaired) electrons. The molecule has 64 heavy (non-hydrogen) atoms. The molecular formula is C50H55NO13. The summed E-state index contributed by atoms with van der Waals surface area (Å²) in [4.78, 5) is 68.3. The summed E-state index contributed by atoms with van der Waals surface area (Å²) >= 11 is 0. The minimum absolute atomic E-state index is 0.0413. The number of allylic oxidation sites excluding steroid dienone is 1. The molecule has 9 atom stereocenters. The molecule has 4 aromatic rings. The summed E-state index contributed by atoms with van der Waals surface area (Å²) in [6.45, 7) is 2.91. The average Bonchev–Trinajstić information content (AvgIpc) is 3.62. The lowest BCUT2D eigenvalue weighted by Gasteiger charge is -2.45. The van der Waals surface area contributed by atoms with Gasteiger partial charge in [0.15, 0.2) is 24.0 Å². The van der Waals surface area contributed by atoms with Crippen molar-refractivity contribution in [2.75, 3.05) is 20.3 Å². The van der Waals surface area contributed by atoms with Gasteiger partial charge < -0.3 is 38.3 Å². The van der Waals surface area contributed by atoms with Crippen LogP contribution in [0.25, 0.3) is 0 Å². The van der Waals surface area contributed by atoms with E-state index < -0.39 is 84.4 Å². The normalized spacial score (nSPS) is 23.0. The molecule has 0 spiro atoms. The molecule has 14 nitrogen and oxygen atoms in total. The van der Waals surface area contributed by atoms with Crippen molar-refractivity contribution in [3.8, 4) is 0 Å². The Labute approximate surface area is 373 Å². The smallest absolute Gasteiger partial charge is 0.417 e. The molecule has 0 aromatic heterocycles. The van der Waals surface area contributed by atoms with Crippen LogP contribution < -0.4 is 0 Å². The third kappa shape index (κ3) is 12.6. The van der Waals surface area contributed by atoms with Gasteiger partial charge in [-0.1, -0.05) is 121 Å². The maximum Gasteiger partial charge on any atom is 0.417 e. The van der Waals surface area contributed by atoms with Crippen LogP contribution in [0.15, 0.2) is 133 Å². The van der Waals surface area contributed by atoms with Crippen LogP contribution in [0.4, 0.5) is 4.79 Å². The van der Waals surface area contributed by atoms with Crippen LogP contribution in [0.2, 0.25) is 0 Å². The maximum absolute atomic E-state index is 14.4. The van der Waals surface area contributed by atoms with E-state index in [4.69, 9.17) is 33.2 Å². The molecule has 2 saturated heterocycles. The Balaban J connectivity index is 1.13. The fourth-order valence-corrected chi connectivity index (χ4v) is 7.87. The second-order valence-electron chi connectivity index (χ2n) is 15.6. The van der Waals surface area contributed by atoms with Crippen molar-refractivity contribution < 1.29 is 62.2 Å². The lowest BCUT2D eigenvalue weighted by molar-refractivity contribution is -0.319. The molecule has 2 aliphatic heterocycles. The third-order valence-corrected chi connectivity index (χ3v) is 11.1. The number of imide groups is 1. The highest BCUT2D eigenvalue weighted by Crippen LogP contribution is 2.35. The SMILES string of the molecule is CO[C@H]1O[C@H](CO)[C@@H](OCc2ccccc2)[C@H](OCc2ccccc2)[C@@H]1OCCCC(=O)C=CC(=O)[C@H](OC(C)=O)[C@H](Cc1ccccc1)C(=O)N1C(=O)O[C@@H](c2ccccc2)[C@H]1C. The summed E-state index contributed by atoms with van der Waals surface area (Å²) in [5.41, 5.74) is 3.16. The summed E-state index contributed by atoms with van der Waals surface area (Å²) in [6.07, 6.45) is -5.21. The summed E-state index contributed by atoms with van der Waals surface area (Å²) in [7, 11) is 1.46. The summed E-state index contributed by atoms with van der Waals surface area (Å²) < 4.78 is 42.1. The number of ketones is 2. The predicted octanol–water partition coefficient (Wildman–Crippen LogP) is 6.28. The van der Waals surface area contributed by atoms with Gasteiger partial charge in [-0.3, -0.25) is 19.2 Å². The number of esters is 1. The number of amides is 2. The van der Waals surface area contributed by atoms with Gasteiger partial charge in [0.05, 0.1) is 31.8 Å².